The van der Waals surface area contributed by atoms with Gasteiger partial charge >= 0.3 is 0 Å². The highest BCUT2D eigenvalue weighted by Gasteiger charge is 2.36. The molecule has 2 amide bonds. The Kier molecular flexibility index (Phi) is 5.58. The monoisotopic (exact) mass is 382 g/mol. The zero-order valence-corrected chi connectivity index (χ0v) is 15.8. The average molecular weight is 383 g/mol. The van der Waals surface area contributed by atoms with E-state index in [1.165, 1.54) is 22.7 Å². The number of likely N-dealkylation sites (tertiary alicyclic amines) is 1. The molecule has 1 aliphatic rings. The van der Waals surface area contributed by atoms with Crippen LogP contribution in [0.3, 0.4) is 0 Å². The lowest BCUT2D eigenvalue weighted by Crippen LogP contribution is -2.47. The van der Waals surface area contributed by atoms with E-state index in [0.29, 0.717) is 24.5 Å². The number of rotatable bonds is 5. The Hall–Kier alpha value is -1.37. The lowest BCUT2D eigenvalue weighted by atomic mass is 10.2. The molecule has 1 atom stereocenters. The molecule has 1 aliphatic heterocycles. The number of halogens is 1. The molecule has 0 saturated carbocycles. The zero-order chi connectivity index (χ0) is 17.1. The van der Waals surface area contributed by atoms with Crippen molar-refractivity contribution in [3.63, 3.8) is 0 Å². The van der Waals surface area contributed by atoms with Crippen LogP contribution in [-0.4, -0.2) is 40.7 Å². The summed E-state index contributed by atoms with van der Waals surface area (Å²) in [6.07, 6.45) is 1.60. The minimum atomic E-state index is -0.352. The maximum Gasteiger partial charge on any atom is 0.264 e. The SMILES string of the molecule is CCN(Cc1ccc(Cl)s1)C(=O)C1CCCN1C(=O)c1cccs1. The maximum absolute atomic E-state index is 13.0. The molecule has 1 unspecified atom stereocenters. The minimum Gasteiger partial charge on any atom is -0.336 e. The van der Waals surface area contributed by atoms with Gasteiger partial charge < -0.3 is 9.80 Å². The number of hydrogen-bond acceptors (Lipinski definition) is 4. The van der Waals surface area contributed by atoms with Crippen molar-refractivity contribution < 1.29 is 9.59 Å². The first-order valence-corrected chi connectivity index (χ1v) is 10.0. The van der Waals surface area contributed by atoms with E-state index in [-0.39, 0.29) is 17.9 Å². The molecule has 0 aromatic carbocycles. The van der Waals surface area contributed by atoms with Crippen LogP contribution in [0.2, 0.25) is 4.34 Å². The lowest BCUT2D eigenvalue weighted by molar-refractivity contribution is -0.135. The van der Waals surface area contributed by atoms with Crippen molar-refractivity contribution in [2.75, 3.05) is 13.1 Å². The van der Waals surface area contributed by atoms with Gasteiger partial charge in [-0.1, -0.05) is 17.7 Å². The third-order valence-corrected chi connectivity index (χ3v) is 6.27. The second-order valence-corrected chi connectivity index (χ2v) is 8.44. The van der Waals surface area contributed by atoms with Gasteiger partial charge in [0, 0.05) is 18.0 Å². The van der Waals surface area contributed by atoms with Crippen LogP contribution < -0.4 is 0 Å². The Labute approximate surface area is 154 Å². The summed E-state index contributed by atoms with van der Waals surface area (Å²) in [6, 6.07) is 7.13. The molecular formula is C17H19ClN2O2S2. The van der Waals surface area contributed by atoms with Gasteiger partial charge in [-0.25, -0.2) is 0 Å². The van der Waals surface area contributed by atoms with Gasteiger partial charge in [-0.15, -0.1) is 22.7 Å². The van der Waals surface area contributed by atoms with Crippen LogP contribution in [0.4, 0.5) is 0 Å². The highest BCUT2D eigenvalue weighted by atomic mass is 35.5. The van der Waals surface area contributed by atoms with Crippen molar-refractivity contribution in [3.05, 3.63) is 43.7 Å². The van der Waals surface area contributed by atoms with Gasteiger partial charge in [0.1, 0.15) is 6.04 Å². The van der Waals surface area contributed by atoms with Gasteiger partial charge in [-0.2, -0.15) is 0 Å². The normalized spacial score (nSPS) is 17.2. The molecule has 2 aromatic heterocycles. The Morgan fingerprint density at radius 1 is 1.38 bits per heavy atom. The fraction of sp³-hybridized carbons (Fsp3) is 0.412. The van der Waals surface area contributed by atoms with E-state index in [4.69, 9.17) is 11.6 Å². The van der Waals surface area contributed by atoms with Crippen LogP contribution in [0.25, 0.3) is 0 Å². The molecule has 0 radical (unpaired) electrons. The molecule has 3 heterocycles. The Morgan fingerprint density at radius 2 is 2.21 bits per heavy atom. The highest BCUT2D eigenvalue weighted by Crippen LogP contribution is 2.26. The number of thiophene rings is 2. The van der Waals surface area contributed by atoms with E-state index in [1.54, 1.807) is 4.90 Å². The average Bonchev–Trinajstić information content (AvgIpc) is 3.32. The molecule has 4 nitrogen and oxygen atoms in total. The first kappa shape index (κ1) is 17.5. The van der Waals surface area contributed by atoms with Gasteiger partial charge in [0.2, 0.25) is 5.91 Å². The van der Waals surface area contributed by atoms with E-state index in [2.05, 4.69) is 0 Å². The number of nitrogens with zero attached hydrogens (tertiary/aromatic N) is 2. The summed E-state index contributed by atoms with van der Waals surface area (Å²) in [5.74, 6) is 0.000463. The summed E-state index contributed by atoms with van der Waals surface area (Å²) in [7, 11) is 0. The van der Waals surface area contributed by atoms with Crippen molar-refractivity contribution in [3.8, 4) is 0 Å². The number of hydrogen-bond donors (Lipinski definition) is 0. The zero-order valence-electron chi connectivity index (χ0n) is 13.4. The molecule has 1 saturated heterocycles. The molecule has 24 heavy (non-hydrogen) atoms. The third kappa shape index (κ3) is 3.66. The number of amides is 2. The van der Waals surface area contributed by atoms with Crippen LogP contribution >= 0.6 is 34.3 Å². The fourth-order valence-corrected chi connectivity index (χ4v) is 4.77. The summed E-state index contributed by atoms with van der Waals surface area (Å²) >= 11 is 8.89. The highest BCUT2D eigenvalue weighted by molar-refractivity contribution is 7.16. The quantitative estimate of drug-likeness (QED) is 0.780. The van der Waals surface area contributed by atoms with E-state index in [1.807, 2.05) is 41.5 Å². The van der Waals surface area contributed by atoms with Crippen LogP contribution in [0.1, 0.15) is 34.3 Å². The van der Waals surface area contributed by atoms with Crippen molar-refractivity contribution in [1.82, 2.24) is 9.80 Å². The third-order valence-electron chi connectivity index (χ3n) is 4.20. The molecule has 0 N–H and O–H groups in total. The lowest BCUT2D eigenvalue weighted by Gasteiger charge is -2.29. The van der Waals surface area contributed by atoms with Crippen molar-refractivity contribution in [2.24, 2.45) is 0 Å². The van der Waals surface area contributed by atoms with Crippen molar-refractivity contribution in [1.29, 1.82) is 0 Å². The number of likely N-dealkylation sites (N-methyl/N-ethyl adjacent to an activating group) is 1. The number of carbonyl (C=O) groups is 2. The molecule has 7 heteroatoms. The standard InChI is InChI=1S/C17H19ClN2O2S2/c1-2-19(11-12-7-8-15(18)24-12)16(21)13-5-3-9-20(13)17(22)14-6-4-10-23-14/h4,6-8,10,13H,2-3,5,9,11H2,1H3. The molecule has 1 fully saturated rings. The molecular weight excluding hydrogens is 364 g/mol. The first-order valence-electron chi connectivity index (χ1n) is 7.97. The van der Waals surface area contributed by atoms with Gasteiger partial charge in [0.15, 0.2) is 0 Å². The van der Waals surface area contributed by atoms with Crippen LogP contribution in [0.15, 0.2) is 29.6 Å². The summed E-state index contributed by atoms with van der Waals surface area (Å²) in [6.45, 7) is 3.78. The Morgan fingerprint density at radius 3 is 2.83 bits per heavy atom. The molecule has 0 spiro atoms. The molecule has 2 aromatic rings. The predicted octanol–water partition coefficient (Wildman–Crippen LogP) is 4.12. The minimum absolute atomic E-state index is 0.0314. The molecule has 0 aliphatic carbocycles. The van der Waals surface area contributed by atoms with E-state index < -0.39 is 0 Å². The molecule has 3 rings (SSSR count). The maximum atomic E-state index is 13.0. The van der Waals surface area contributed by atoms with Crippen LogP contribution in [-0.2, 0) is 11.3 Å². The summed E-state index contributed by atoms with van der Waals surface area (Å²) in [5.41, 5.74) is 0. The predicted molar refractivity (Wildman–Crippen MR) is 98.8 cm³/mol. The summed E-state index contributed by atoms with van der Waals surface area (Å²) in [5, 5.41) is 1.89. The first-order chi connectivity index (χ1) is 11.6. The molecule has 128 valence electrons. The van der Waals surface area contributed by atoms with Crippen LogP contribution in [0.5, 0.6) is 0 Å². The number of carbonyl (C=O) groups excluding carboxylic acids is 2. The summed E-state index contributed by atoms with van der Waals surface area (Å²) in [4.78, 5) is 30.9. The van der Waals surface area contributed by atoms with E-state index >= 15 is 0 Å². The molecule has 0 bridgehead atoms. The van der Waals surface area contributed by atoms with Gasteiger partial charge in [-0.3, -0.25) is 9.59 Å². The Balaban J connectivity index is 1.72. The Bertz CT molecular complexity index is 714. The van der Waals surface area contributed by atoms with E-state index in [0.717, 1.165) is 22.1 Å². The smallest absolute Gasteiger partial charge is 0.264 e. The topological polar surface area (TPSA) is 40.6 Å². The van der Waals surface area contributed by atoms with Crippen molar-refractivity contribution in [2.45, 2.75) is 32.4 Å². The van der Waals surface area contributed by atoms with Gasteiger partial charge in [-0.05, 0) is 43.3 Å². The van der Waals surface area contributed by atoms with Gasteiger partial charge in [0.05, 0.1) is 15.8 Å². The summed E-state index contributed by atoms with van der Waals surface area (Å²) < 4.78 is 0.726. The van der Waals surface area contributed by atoms with Crippen LogP contribution in [0, 0.1) is 0 Å². The fourth-order valence-electron chi connectivity index (χ4n) is 2.99. The van der Waals surface area contributed by atoms with Crippen molar-refractivity contribution >= 4 is 46.1 Å². The van der Waals surface area contributed by atoms with E-state index in [9.17, 15) is 9.59 Å². The second kappa shape index (κ2) is 7.68. The second-order valence-electron chi connectivity index (χ2n) is 5.69. The van der Waals surface area contributed by atoms with Gasteiger partial charge in [0.25, 0.3) is 5.91 Å². The largest absolute Gasteiger partial charge is 0.336 e.